The van der Waals surface area contributed by atoms with Crippen molar-refractivity contribution in [2.75, 3.05) is 0 Å². The summed E-state index contributed by atoms with van der Waals surface area (Å²) in [7, 11) is 0. The summed E-state index contributed by atoms with van der Waals surface area (Å²) in [5.74, 6) is 0. The van der Waals surface area contributed by atoms with Crippen LogP contribution in [0.25, 0.3) is 0 Å². The summed E-state index contributed by atoms with van der Waals surface area (Å²) in [6.45, 7) is 7.78. The van der Waals surface area contributed by atoms with Gasteiger partial charge in [-0.3, -0.25) is 0 Å². The van der Waals surface area contributed by atoms with E-state index in [1.54, 1.807) is 13.8 Å². The zero-order chi connectivity index (χ0) is 10.2. The highest BCUT2D eigenvalue weighted by Gasteiger charge is 2.41. The molecule has 0 spiro atoms. The molecule has 0 saturated heterocycles. The molecule has 74 valence electrons. The lowest BCUT2D eigenvalue weighted by molar-refractivity contribution is -0.150. The molecule has 0 saturated carbocycles. The molecule has 0 aliphatic carbocycles. The Morgan fingerprint density at radius 2 is 1.17 bits per heavy atom. The second-order valence-electron chi connectivity index (χ2n) is 4.82. The fraction of sp³-hybridized carbons (Fsp3) is 1.00. The smallest absolute Gasteiger partial charge is 0.0927 e. The Morgan fingerprint density at radius 1 is 0.833 bits per heavy atom. The normalized spacial score (nSPS) is 19.0. The van der Waals surface area contributed by atoms with Crippen molar-refractivity contribution >= 4 is 0 Å². The maximum absolute atomic E-state index is 9.78. The van der Waals surface area contributed by atoms with E-state index in [9.17, 15) is 15.3 Å². The Bertz CT molecular complexity index is 148. The van der Waals surface area contributed by atoms with Crippen LogP contribution in [0.3, 0.4) is 0 Å². The summed E-state index contributed by atoms with van der Waals surface area (Å²) in [6, 6.07) is 0. The number of rotatable bonds is 3. The molecule has 1 unspecified atom stereocenters. The first-order valence-electron chi connectivity index (χ1n) is 4.13. The molecule has 0 heterocycles. The average Bonchev–Trinajstić information content (AvgIpc) is 1.52. The highest BCUT2D eigenvalue weighted by molar-refractivity contribution is 4.93. The third-order valence-electron chi connectivity index (χ3n) is 2.09. The van der Waals surface area contributed by atoms with Gasteiger partial charge in [-0.2, -0.15) is 0 Å². The van der Waals surface area contributed by atoms with E-state index in [1.165, 1.54) is 20.8 Å². The van der Waals surface area contributed by atoms with Crippen LogP contribution in [-0.2, 0) is 0 Å². The maximum Gasteiger partial charge on any atom is 0.0927 e. The van der Waals surface area contributed by atoms with Gasteiger partial charge in [0.1, 0.15) is 0 Å². The minimum atomic E-state index is -1.27. The average molecular weight is 176 g/mol. The van der Waals surface area contributed by atoms with E-state index >= 15 is 0 Å². The standard InChI is InChI=1S/C9H20O3/c1-7(2,10)6-9(5,12)8(3,4)11/h10-12H,6H2,1-5H3. The molecule has 3 N–H and O–H groups in total. The van der Waals surface area contributed by atoms with E-state index in [1.807, 2.05) is 0 Å². The summed E-state index contributed by atoms with van der Waals surface area (Å²) < 4.78 is 0. The van der Waals surface area contributed by atoms with Crippen molar-refractivity contribution in [2.45, 2.75) is 57.8 Å². The van der Waals surface area contributed by atoms with Crippen molar-refractivity contribution in [3.63, 3.8) is 0 Å². The SMILES string of the molecule is CC(C)(O)CC(C)(O)C(C)(C)O. The van der Waals surface area contributed by atoms with Crippen LogP contribution in [0.2, 0.25) is 0 Å². The molecule has 0 aromatic carbocycles. The first-order chi connectivity index (χ1) is 4.96. The van der Waals surface area contributed by atoms with Gasteiger partial charge in [0.15, 0.2) is 0 Å². The topological polar surface area (TPSA) is 60.7 Å². The van der Waals surface area contributed by atoms with Crippen LogP contribution in [0.5, 0.6) is 0 Å². The molecule has 1 atom stereocenters. The Labute approximate surface area is 74.0 Å². The summed E-state index contributed by atoms with van der Waals surface area (Å²) in [5.41, 5.74) is -3.44. The molecule has 3 nitrogen and oxygen atoms in total. The van der Waals surface area contributed by atoms with Crippen LogP contribution in [0.4, 0.5) is 0 Å². The fourth-order valence-corrected chi connectivity index (χ4v) is 1.06. The Hall–Kier alpha value is -0.120. The van der Waals surface area contributed by atoms with Gasteiger partial charge in [0, 0.05) is 6.42 Å². The minimum absolute atomic E-state index is 0.142. The van der Waals surface area contributed by atoms with E-state index < -0.39 is 16.8 Å². The zero-order valence-electron chi connectivity index (χ0n) is 8.55. The molecule has 0 aromatic rings. The van der Waals surface area contributed by atoms with Crippen LogP contribution in [0.15, 0.2) is 0 Å². The molecule has 0 fully saturated rings. The molecule has 12 heavy (non-hydrogen) atoms. The summed E-state index contributed by atoms with van der Waals surface area (Å²) >= 11 is 0. The molecule has 0 aliphatic rings. The fourth-order valence-electron chi connectivity index (χ4n) is 1.06. The second kappa shape index (κ2) is 2.98. The van der Waals surface area contributed by atoms with Crippen molar-refractivity contribution in [3.05, 3.63) is 0 Å². The number of hydrogen-bond donors (Lipinski definition) is 3. The van der Waals surface area contributed by atoms with Crippen molar-refractivity contribution in [2.24, 2.45) is 0 Å². The van der Waals surface area contributed by atoms with Crippen LogP contribution < -0.4 is 0 Å². The van der Waals surface area contributed by atoms with E-state index in [-0.39, 0.29) is 6.42 Å². The van der Waals surface area contributed by atoms with Crippen molar-refractivity contribution < 1.29 is 15.3 Å². The third-order valence-corrected chi connectivity index (χ3v) is 2.09. The Balaban J connectivity index is 4.44. The quantitative estimate of drug-likeness (QED) is 0.592. The summed E-state index contributed by atoms with van der Waals surface area (Å²) in [5, 5.41) is 28.8. The lowest BCUT2D eigenvalue weighted by Crippen LogP contribution is -2.51. The van der Waals surface area contributed by atoms with Crippen LogP contribution in [0.1, 0.15) is 41.0 Å². The molecule has 0 amide bonds. The molecule has 0 rings (SSSR count). The molecular weight excluding hydrogens is 156 g/mol. The lowest BCUT2D eigenvalue weighted by Gasteiger charge is -2.39. The first kappa shape index (κ1) is 11.9. The van der Waals surface area contributed by atoms with Crippen molar-refractivity contribution in [3.8, 4) is 0 Å². The maximum atomic E-state index is 9.78. The van der Waals surface area contributed by atoms with Gasteiger partial charge in [-0.25, -0.2) is 0 Å². The van der Waals surface area contributed by atoms with Crippen molar-refractivity contribution in [1.29, 1.82) is 0 Å². The largest absolute Gasteiger partial charge is 0.390 e. The summed E-state index contributed by atoms with van der Waals surface area (Å²) in [4.78, 5) is 0. The molecule has 0 aromatic heterocycles. The molecular formula is C9H20O3. The highest BCUT2D eigenvalue weighted by Crippen LogP contribution is 2.29. The van der Waals surface area contributed by atoms with Crippen LogP contribution in [-0.4, -0.2) is 32.1 Å². The van der Waals surface area contributed by atoms with Gasteiger partial charge in [-0.1, -0.05) is 0 Å². The van der Waals surface area contributed by atoms with Crippen LogP contribution >= 0.6 is 0 Å². The van der Waals surface area contributed by atoms with Crippen molar-refractivity contribution in [1.82, 2.24) is 0 Å². The van der Waals surface area contributed by atoms with Gasteiger partial charge in [-0.05, 0) is 34.6 Å². The predicted molar refractivity (Wildman–Crippen MR) is 47.8 cm³/mol. The van der Waals surface area contributed by atoms with Gasteiger partial charge in [0.05, 0.1) is 16.8 Å². The van der Waals surface area contributed by atoms with Gasteiger partial charge < -0.3 is 15.3 Å². The predicted octanol–water partition coefficient (Wildman–Crippen LogP) is 0.669. The van der Waals surface area contributed by atoms with Gasteiger partial charge in [0.25, 0.3) is 0 Å². The summed E-state index contributed by atoms with van der Waals surface area (Å²) in [6.07, 6.45) is 0.142. The van der Waals surface area contributed by atoms with E-state index in [0.29, 0.717) is 0 Å². The van der Waals surface area contributed by atoms with E-state index in [0.717, 1.165) is 0 Å². The zero-order valence-corrected chi connectivity index (χ0v) is 8.55. The second-order valence-corrected chi connectivity index (χ2v) is 4.82. The Kier molecular flexibility index (Phi) is 2.95. The molecule has 0 aliphatic heterocycles. The molecule has 0 radical (unpaired) electrons. The van der Waals surface area contributed by atoms with Gasteiger partial charge >= 0.3 is 0 Å². The van der Waals surface area contributed by atoms with Gasteiger partial charge in [-0.15, -0.1) is 0 Å². The minimum Gasteiger partial charge on any atom is -0.390 e. The highest BCUT2D eigenvalue weighted by atomic mass is 16.4. The van der Waals surface area contributed by atoms with Crippen LogP contribution in [0, 0.1) is 0 Å². The number of aliphatic hydroxyl groups is 3. The Morgan fingerprint density at radius 3 is 1.25 bits per heavy atom. The lowest BCUT2D eigenvalue weighted by atomic mass is 9.79. The molecule has 3 heteroatoms. The third kappa shape index (κ3) is 3.52. The first-order valence-corrected chi connectivity index (χ1v) is 4.13. The van der Waals surface area contributed by atoms with E-state index in [4.69, 9.17) is 0 Å². The van der Waals surface area contributed by atoms with E-state index in [2.05, 4.69) is 0 Å². The van der Waals surface area contributed by atoms with Gasteiger partial charge in [0.2, 0.25) is 0 Å². The molecule has 0 bridgehead atoms. The number of hydrogen-bond acceptors (Lipinski definition) is 3. The monoisotopic (exact) mass is 176 g/mol.